The highest BCUT2D eigenvalue weighted by Crippen LogP contribution is 2.30. The largest absolute Gasteiger partial charge is 0.378 e. The monoisotopic (exact) mass is 412 g/mol. The van der Waals surface area contributed by atoms with Crippen molar-refractivity contribution in [1.82, 2.24) is 9.78 Å². The molecule has 0 saturated heterocycles. The van der Waals surface area contributed by atoms with Gasteiger partial charge in [-0.25, -0.2) is 13.1 Å². The number of methoxy groups -OCH3 is 1. The summed E-state index contributed by atoms with van der Waals surface area (Å²) in [6.45, 7) is 0.313. The van der Waals surface area contributed by atoms with E-state index in [4.69, 9.17) is 27.0 Å². The Morgan fingerprint density at radius 1 is 1.38 bits per heavy atom. The molecule has 2 rings (SSSR count). The summed E-state index contributed by atoms with van der Waals surface area (Å²) >= 11 is 9.54. The molecule has 0 bridgehead atoms. The topological polar surface area (TPSA) is 61.2 Å². The first-order valence-corrected chi connectivity index (χ1v) is 9.24. The Kier molecular flexibility index (Phi) is 5.32. The van der Waals surface area contributed by atoms with Crippen LogP contribution in [0.25, 0.3) is 0 Å². The van der Waals surface area contributed by atoms with Crippen molar-refractivity contribution in [1.29, 1.82) is 0 Å². The number of nitrogens with zero attached hydrogens (tertiary/aromatic N) is 2. The molecule has 21 heavy (non-hydrogen) atoms. The van der Waals surface area contributed by atoms with E-state index in [1.807, 2.05) is 24.3 Å². The number of hydrogen-bond donors (Lipinski definition) is 0. The Labute approximate surface area is 140 Å². The summed E-state index contributed by atoms with van der Waals surface area (Å²) in [5.74, 6) is 0. The van der Waals surface area contributed by atoms with Gasteiger partial charge >= 0.3 is 0 Å². The van der Waals surface area contributed by atoms with Crippen LogP contribution < -0.4 is 0 Å². The third-order valence-corrected chi connectivity index (χ3v) is 5.37. The molecule has 0 amide bonds. The summed E-state index contributed by atoms with van der Waals surface area (Å²) in [6, 6.07) is 7.50. The zero-order valence-electron chi connectivity index (χ0n) is 10.9. The maximum atomic E-state index is 11.6. The molecule has 0 unspecified atom stereocenters. The number of benzene rings is 1. The molecule has 1 heterocycles. The highest BCUT2D eigenvalue weighted by atomic mass is 79.9. The molecule has 0 fully saturated rings. The van der Waals surface area contributed by atoms with E-state index < -0.39 is 9.05 Å². The Morgan fingerprint density at radius 2 is 2.05 bits per heavy atom. The predicted molar refractivity (Wildman–Crippen MR) is 84.2 cm³/mol. The molecule has 1 aromatic heterocycles. The van der Waals surface area contributed by atoms with Gasteiger partial charge in [-0.05, 0) is 11.6 Å². The van der Waals surface area contributed by atoms with Crippen LogP contribution in [-0.4, -0.2) is 25.3 Å². The number of halogens is 3. The van der Waals surface area contributed by atoms with E-state index in [-0.39, 0.29) is 22.3 Å². The molecule has 2 aromatic rings. The van der Waals surface area contributed by atoms with Gasteiger partial charge in [0.15, 0.2) is 0 Å². The van der Waals surface area contributed by atoms with Gasteiger partial charge in [-0.15, -0.1) is 0 Å². The molecule has 0 aliphatic rings. The maximum absolute atomic E-state index is 11.6. The minimum absolute atomic E-state index is 0.00393. The van der Waals surface area contributed by atoms with Crippen LogP contribution in [-0.2, 0) is 26.9 Å². The number of aromatic nitrogens is 2. The van der Waals surface area contributed by atoms with E-state index in [1.54, 1.807) is 0 Å². The fraction of sp³-hybridized carbons (Fsp3) is 0.250. The molecule has 114 valence electrons. The molecule has 0 radical (unpaired) electrons. The van der Waals surface area contributed by atoms with Crippen LogP contribution in [0.5, 0.6) is 0 Å². The van der Waals surface area contributed by atoms with Crippen molar-refractivity contribution in [3.05, 3.63) is 45.1 Å². The summed E-state index contributed by atoms with van der Waals surface area (Å²) in [5, 5.41) is 4.14. The predicted octanol–water partition coefficient (Wildman–Crippen LogP) is 3.42. The molecule has 0 spiro atoms. The lowest BCUT2D eigenvalue weighted by Gasteiger charge is -2.05. The van der Waals surface area contributed by atoms with Crippen LogP contribution >= 0.6 is 38.2 Å². The molecule has 9 heteroatoms. The van der Waals surface area contributed by atoms with Crippen LogP contribution in [0.3, 0.4) is 0 Å². The van der Waals surface area contributed by atoms with Crippen molar-refractivity contribution in [2.24, 2.45) is 0 Å². The smallest absolute Gasteiger partial charge is 0.266 e. The van der Waals surface area contributed by atoms with Crippen molar-refractivity contribution >= 4 is 47.3 Å². The van der Waals surface area contributed by atoms with E-state index >= 15 is 0 Å². The van der Waals surface area contributed by atoms with Crippen molar-refractivity contribution < 1.29 is 13.2 Å². The second-order valence-electron chi connectivity index (χ2n) is 4.19. The standard InChI is InChI=1S/C12H11BrCl2N2O3S/c1-20-7-10-11(21(15,18)19)12(14)17(16-10)6-8-4-2-3-5-9(8)13/h2-5H,6-7H2,1H3. The van der Waals surface area contributed by atoms with Gasteiger partial charge in [0.25, 0.3) is 9.05 Å². The van der Waals surface area contributed by atoms with Crippen LogP contribution in [0.4, 0.5) is 0 Å². The first kappa shape index (κ1) is 16.8. The zero-order valence-corrected chi connectivity index (χ0v) is 14.8. The molecule has 5 nitrogen and oxygen atoms in total. The van der Waals surface area contributed by atoms with Crippen LogP contribution in [0.15, 0.2) is 33.6 Å². The number of rotatable bonds is 5. The summed E-state index contributed by atoms with van der Waals surface area (Å²) in [4.78, 5) is -0.209. The summed E-state index contributed by atoms with van der Waals surface area (Å²) in [5.41, 5.74) is 1.09. The molecule has 0 aliphatic heterocycles. The van der Waals surface area contributed by atoms with Crippen LogP contribution in [0.2, 0.25) is 5.15 Å². The molecular weight excluding hydrogens is 403 g/mol. The van der Waals surface area contributed by atoms with E-state index in [0.29, 0.717) is 6.54 Å². The SMILES string of the molecule is COCc1nn(Cc2ccccc2Br)c(Cl)c1S(=O)(=O)Cl. The van der Waals surface area contributed by atoms with Gasteiger partial charge < -0.3 is 4.74 Å². The van der Waals surface area contributed by atoms with Gasteiger partial charge in [-0.1, -0.05) is 45.7 Å². The van der Waals surface area contributed by atoms with E-state index in [9.17, 15) is 8.42 Å². The average Bonchev–Trinajstić information content (AvgIpc) is 2.69. The summed E-state index contributed by atoms with van der Waals surface area (Å²) < 4.78 is 30.5. The van der Waals surface area contributed by atoms with Crippen molar-refractivity contribution in [3.63, 3.8) is 0 Å². The summed E-state index contributed by atoms with van der Waals surface area (Å²) in [6.07, 6.45) is 0. The van der Waals surface area contributed by atoms with E-state index in [1.165, 1.54) is 11.8 Å². The van der Waals surface area contributed by atoms with Gasteiger partial charge in [0.2, 0.25) is 0 Å². The highest BCUT2D eigenvalue weighted by molar-refractivity contribution is 9.10. The quantitative estimate of drug-likeness (QED) is 0.704. The molecular formula is C12H11BrCl2N2O3S. The second kappa shape index (κ2) is 6.66. The molecule has 0 N–H and O–H groups in total. The summed E-state index contributed by atoms with van der Waals surface area (Å²) in [7, 11) is 2.86. The van der Waals surface area contributed by atoms with Gasteiger partial charge in [0.1, 0.15) is 15.7 Å². The fourth-order valence-corrected chi connectivity index (χ4v) is 4.05. The third-order valence-electron chi connectivity index (χ3n) is 2.72. The second-order valence-corrected chi connectivity index (χ2v) is 7.90. The van der Waals surface area contributed by atoms with E-state index in [2.05, 4.69) is 21.0 Å². The average molecular weight is 414 g/mol. The Morgan fingerprint density at radius 3 is 2.62 bits per heavy atom. The number of ether oxygens (including phenoxy) is 1. The first-order valence-electron chi connectivity index (χ1n) is 5.76. The van der Waals surface area contributed by atoms with Gasteiger partial charge in [-0.2, -0.15) is 5.10 Å². The van der Waals surface area contributed by atoms with Crippen LogP contribution in [0, 0.1) is 0 Å². The third kappa shape index (κ3) is 3.78. The van der Waals surface area contributed by atoms with Crippen LogP contribution in [0.1, 0.15) is 11.3 Å². The first-order chi connectivity index (χ1) is 9.84. The number of hydrogen-bond acceptors (Lipinski definition) is 4. The normalized spacial score (nSPS) is 11.8. The van der Waals surface area contributed by atoms with Crippen molar-refractivity contribution in [3.8, 4) is 0 Å². The van der Waals surface area contributed by atoms with Crippen molar-refractivity contribution in [2.75, 3.05) is 7.11 Å². The fourth-order valence-electron chi connectivity index (χ4n) is 1.84. The molecule has 0 aliphatic carbocycles. The Balaban J connectivity index is 2.49. The molecule has 1 aromatic carbocycles. The highest BCUT2D eigenvalue weighted by Gasteiger charge is 2.26. The van der Waals surface area contributed by atoms with Gasteiger partial charge in [0.05, 0.1) is 13.2 Å². The minimum Gasteiger partial charge on any atom is -0.378 e. The zero-order chi connectivity index (χ0) is 15.6. The Bertz CT molecular complexity index is 762. The van der Waals surface area contributed by atoms with Gasteiger partial charge in [0, 0.05) is 22.3 Å². The minimum atomic E-state index is -4.00. The van der Waals surface area contributed by atoms with Gasteiger partial charge in [-0.3, -0.25) is 0 Å². The van der Waals surface area contributed by atoms with Crippen molar-refractivity contribution in [2.45, 2.75) is 18.0 Å². The molecule has 0 atom stereocenters. The molecule has 0 saturated carbocycles. The maximum Gasteiger partial charge on any atom is 0.266 e. The Hall–Kier alpha value is -0.600. The lowest BCUT2D eigenvalue weighted by atomic mass is 10.2. The lowest BCUT2D eigenvalue weighted by Crippen LogP contribution is -2.03. The lowest BCUT2D eigenvalue weighted by molar-refractivity contribution is 0.178. The van der Waals surface area contributed by atoms with E-state index in [0.717, 1.165) is 10.0 Å².